The summed E-state index contributed by atoms with van der Waals surface area (Å²) in [5.74, 6) is 0. The number of hydrogen-bond acceptors (Lipinski definition) is 3. The van der Waals surface area contributed by atoms with Gasteiger partial charge in [0, 0.05) is 59.9 Å². The van der Waals surface area contributed by atoms with Crippen LogP contribution in [-0.2, 0) is 19.4 Å². The van der Waals surface area contributed by atoms with E-state index in [1.54, 1.807) is 6.20 Å². The number of aryl methyl sites for hydroxylation is 2. The molecule has 26 heavy (non-hydrogen) atoms. The van der Waals surface area contributed by atoms with E-state index in [1.807, 2.05) is 0 Å². The van der Waals surface area contributed by atoms with Crippen molar-refractivity contribution >= 4 is 34.4 Å². The number of allylic oxidation sites excluding steroid dienone is 1. The van der Waals surface area contributed by atoms with Gasteiger partial charge >= 0.3 is 0 Å². The van der Waals surface area contributed by atoms with E-state index in [1.165, 1.54) is 33.5 Å². The van der Waals surface area contributed by atoms with Crippen LogP contribution in [0.15, 0.2) is 24.4 Å². The van der Waals surface area contributed by atoms with Crippen LogP contribution in [0.2, 0.25) is 5.02 Å². The molecular weight excluding hydrogens is 344 g/mol. The number of fused-ring (bicyclic) bond motifs is 4. The van der Waals surface area contributed by atoms with E-state index in [9.17, 15) is 0 Å². The predicted molar refractivity (Wildman–Crippen MR) is 106 cm³/mol. The van der Waals surface area contributed by atoms with Gasteiger partial charge in [-0.2, -0.15) is 0 Å². The van der Waals surface area contributed by atoms with Crippen LogP contribution in [0.25, 0.3) is 22.8 Å². The Morgan fingerprint density at radius 3 is 2.96 bits per heavy atom. The Morgan fingerprint density at radius 2 is 2.08 bits per heavy atom. The third-order valence-corrected chi connectivity index (χ3v) is 5.77. The van der Waals surface area contributed by atoms with Crippen molar-refractivity contribution in [3.63, 3.8) is 0 Å². The highest BCUT2D eigenvalue weighted by molar-refractivity contribution is 6.31. The minimum atomic E-state index is 0.698. The van der Waals surface area contributed by atoms with Gasteiger partial charge in [-0.05, 0) is 50.1 Å². The zero-order valence-electron chi connectivity index (χ0n) is 15.1. The summed E-state index contributed by atoms with van der Waals surface area (Å²) in [5, 5.41) is 1.88. The van der Waals surface area contributed by atoms with Crippen molar-refractivity contribution in [1.29, 1.82) is 0 Å². The molecule has 0 saturated carbocycles. The third kappa shape index (κ3) is 2.48. The lowest BCUT2D eigenvalue weighted by Gasteiger charge is -2.23. The zero-order chi connectivity index (χ0) is 17.8. The minimum absolute atomic E-state index is 0.698. The van der Waals surface area contributed by atoms with Crippen LogP contribution in [0.1, 0.15) is 34.6 Å². The van der Waals surface area contributed by atoms with Gasteiger partial charge in [0.2, 0.25) is 0 Å². The highest BCUT2D eigenvalue weighted by atomic mass is 35.5. The molecule has 5 heteroatoms. The number of hydrogen-bond donors (Lipinski definition) is 0. The first-order valence-corrected chi connectivity index (χ1v) is 9.51. The second-order valence-corrected chi connectivity index (χ2v) is 7.85. The Morgan fingerprint density at radius 1 is 1.19 bits per heavy atom. The average molecular weight is 365 g/mol. The van der Waals surface area contributed by atoms with Crippen molar-refractivity contribution in [2.24, 2.45) is 0 Å². The van der Waals surface area contributed by atoms with Crippen molar-refractivity contribution in [2.45, 2.75) is 32.7 Å². The monoisotopic (exact) mass is 364 g/mol. The van der Waals surface area contributed by atoms with Crippen molar-refractivity contribution in [3.8, 4) is 0 Å². The molecule has 0 spiro atoms. The van der Waals surface area contributed by atoms with Gasteiger partial charge in [0.15, 0.2) is 0 Å². The molecule has 1 aliphatic heterocycles. The van der Waals surface area contributed by atoms with E-state index in [0.717, 1.165) is 43.7 Å². The molecule has 132 valence electrons. The Labute approximate surface area is 158 Å². The van der Waals surface area contributed by atoms with Crippen LogP contribution in [0.3, 0.4) is 0 Å². The first-order valence-electron chi connectivity index (χ1n) is 9.13. The maximum atomic E-state index is 6.25. The fourth-order valence-corrected chi connectivity index (χ4v) is 4.44. The van der Waals surface area contributed by atoms with Crippen LogP contribution in [0, 0.1) is 6.92 Å². The van der Waals surface area contributed by atoms with Gasteiger partial charge < -0.3 is 9.47 Å². The Hall–Kier alpha value is -2.17. The normalized spacial score (nSPS) is 18.5. The molecule has 0 aromatic carbocycles. The van der Waals surface area contributed by atoms with Gasteiger partial charge in [-0.3, -0.25) is 4.98 Å². The van der Waals surface area contributed by atoms with Crippen LogP contribution < -0.4 is 0 Å². The number of pyridine rings is 2. The largest absolute Gasteiger partial charge is 0.304 e. The number of nitrogens with zero attached hydrogens (tertiary/aromatic N) is 4. The van der Waals surface area contributed by atoms with Crippen LogP contribution >= 0.6 is 11.6 Å². The van der Waals surface area contributed by atoms with Gasteiger partial charge in [-0.25, -0.2) is 4.98 Å². The molecule has 0 atom stereocenters. The fourth-order valence-electron chi connectivity index (χ4n) is 4.28. The van der Waals surface area contributed by atoms with Crippen molar-refractivity contribution < 1.29 is 0 Å². The molecule has 3 aromatic rings. The van der Waals surface area contributed by atoms with Crippen molar-refractivity contribution in [3.05, 3.63) is 57.6 Å². The summed E-state index contributed by atoms with van der Waals surface area (Å²) in [6.07, 6.45) is 7.13. The SMILES string of the molecule is Cc1ccc2c(n1)CCC2=Cn1c2c(c3cc(Cl)cnc31)CN(C)CC2. The van der Waals surface area contributed by atoms with Crippen LogP contribution in [0.5, 0.6) is 0 Å². The summed E-state index contributed by atoms with van der Waals surface area (Å²) in [7, 11) is 2.17. The summed E-state index contributed by atoms with van der Waals surface area (Å²) < 4.78 is 2.30. The van der Waals surface area contributed by atoms with Gasteiger partial charge in [0.05, 0.1) is 5.02 Å². The maximum absolute atomic E-state index is 6.25. The van der Waals surface area contributed by atoms with Gasteiger partial charge in [0.1, 0.15) is 5.65 Å². The second-order valence-electron chi connectivity index (χ2n) is 7.41. The molecule has 0 fully saturated rings. The van der Waals surface area contributed by atoms with E-state index in [4.69, 9.17) is 16.6 Å². The summed E-state index contributed by atoms with van der Waals surface area (Å²) in [4.78, 5) is 11.7. The average Bonchev–Trinajstić information content (AvgIpc) is 3.14. The Balaban J connectivity index is 1.71. The summed E-state index contributed by atoms with van der Waals surface area (Å²) in [5.41, 5.74) is 8.69. The smallest absolute Gasteiger partial charge is 0.144 e. The summed E-state index contributed by atoms with van der Waals surface area (Å²) in [6, 6.07) is 6.38. The molecule has 4 nitrogen and oxygen atoms in total. The van der Waals surface area contributed by atoms with Gasteiger partial charge in [0.25, 0.3) is 0 Å². The molecule has 4 heterocycles. The van der Waals surface area contributed by atoms with Gasteiger partial charge in [-0.15, -0.1) is 0 Å². The quantitative estimate of drug-likeness (QED) is 0.644. The molecule has 1 aliphatic carbocycles. The van der Waals surface area contributed by atoms with E-state index in [2.05, 4.69) is 52.8 Å². The van der Waals surface area contributed by atoms with Crippen molar-refractivity contribution in [1.82, 2.24) is 19.4 Å². The molecule has 0 radical (unpaired) electrons. The molecule has 5 rings (SSSR count). The zero-order valence-corrected chi connectivity index (χ0v) is 15.8. The molecule has 0 bridgehead atoms. The maximum Gasteiger partial charge on any atom is 0.144 e. The molecule has 0 unspecified atom stereocenters. The van der Waals surface area contributed by atoms with Crippen molar-refractivity contribution in [2.75, 3.05) is 13.6 Å². The lowest BCUT2D eigenvalue weighted by Crippen LogP contribution is -2.26. The topological polar surface area (TPSA) is 34.0 Å². The predicted octanol–water partition coefficient (Wildman–Crippen LogP) is 4.33. The molecule has 3 aromatic heterocycles. The minimum Gasteiger partial charge on any atom is -0.304 e. The van der Waals surface area contributed by atoms with Crippen LogP contribution in [-0.4, -0.2) is 33.0 Å². The second kappa shape index (κ2) is 5.93. The first kappa shape index (κ1) is 16.0. The molecule has 0 N–H and O–H groups in total. The number of halogens is 1. The number of likely N-dealkylation sites (N-methyl/N-ethyl adjacent to an activating group) is 1. The molecular formula is C21H21ClN4. The molecule has 0 amide bonds. The van der Waals surface area contributed by atoms with E-state index < -0.39 is 0 Å². The van der Waals surface area contributed by atoms with Crippen LogP contribution in [0.4, 0.5) is 0 Å². The molecule has 2 aliphatic rings. The van der Waals surface area contributed by atoms with E-state index in [-0.39, 0.29) is 0 Å². The summed E-state index contributed by atoms with van der Waals surface area (Å²) >= 11 is 6.25. The highest BCUT2D eigenvalue weighted by Gasteiger charge is 2.24. The Bertz CT molecular complexity index is 1060. The lowest BCUT2D eigenvalue weighted by atomic mass is 10.1. The lowest BCUT2D eigenvalue weighted by molar-refractivity contribution is 0.312. The standard InChI is InChI=1S/C21H21ClN4/c1-13-3-5-16-14(4-6-19(16)24-13)11-26-20-7-8-25(2)12-18(20)17-9-15(22)10-23-21(17)26/h3,5,9-11H,4,6-8,12H2,1-2H3. The molecule has 0 saturated heterocycles. The van der Waals surface area contributed by atoms with E-state index >= 15 is 0 Å². The van der Waals surface area contributed by atoms with Gasteiger partial charge in [-0.1, -0.05) is 17.7 Å². The fraction of sp³-hybridized carbons (Fsp3) is 0.333. The first-order chi connectivity index (χ1) is 12.6. The Kier molecular flexibility index (Phi) is 3.66. The number of rotatable bonds is 1. The highest BCUT2D eigenvalue weighted by Crippen LogP contribution is 2.36. The third-order valence-electron chi connectivity index (χ3n) is 5.56. The van der Waals surface area contributed by atoms with E-state index in [0.29, 0.717) is 5.02 Å². The number of aromatic nitrogens is 3. The summed E-state index contributed by atoms with van der Waals surface area (Å²) in [6.45, 7) is 4.07.